The van der Waals surface area contributed by atoms with Crippen molar-refractivity contribution < 1.29 is 13.9 Å². The first-order valence-electron chi connectivity index (χ1n) is 4.56. The fourth-order valence-corrected chi connectivity index (χ4v) is 1.74. The number of nitrogens with zero attached hydrogens (tertiary/aromatic N) is 1. The molecule has 0 bridgehead atoms. The molecular weight excluding hydrogens is 233 g/mol. The molecule has 1 rings (SSSR count). The Bertz CT molecular complexity index is 443. The van der Waals surface area contributed by atoms with Crippen molar-refractivity contribution in [3.8, 4) is 17.6 Å². The van der Waals surface area contributed by atoms with Crippen LogP contribution in [0.25, 0.3) is 0 Å². The van der Waals surface area contributed by atoms with Crippen molar-refractivity contribution in [2.45, 2.75) is 12.8 Å². The van der Waals surface area contributed by atoms with Gasteiger partial charge in [-0.15, -0.1) is 0 Å². The third-order valence-corrected chi connectivity index (χ3v) is 2.57. The molecular formula is C11H11ClFNO2. The summed E-state index contributed by atoms with van der Waals surface area (Å²) < 4.78 is 23.4. The maximum Gasteiger partial charge on any atom is 0.176 e. The number of hydrogen-bond acceptors (Lipinski definition) is 3. The monoisotopic (exact) mass is 243 g/mol. The van der Waals surface area contributed by atoms with E-state index in [-0.39, 0.29) is 16.5 Å². The molecule has 1 aromatic carbocycles. The van der Waals surface area contributed by atoms with Gasteiger partial charge in [-0.1, -0.05) is 11.6 Å². The molecule has 1 atom stereocenters. The minimum absolute atomic E-state index is 0.0436. The number of halogens is 2. The van der Waals surface area contributed by atoms with Crippen LogP contribution in [0.2, 0.25) is 5.02 Å². The highest BCUT2D eigenvalue weighted by Crippen LogP contribution is 2.41. The number of ether oxygens (including phenoxy) is 2. The molecule has 86 valence electrons. The molecule has 3 nitrogen and oxygen atoms in total. The molecule has 0 saturated heterocycles. The van der Waals surface area contributed by atoms with E-state index in [1.54, 1.807) is 6.92 Å². The van der Waals surface area contributed by atoms with Gasteiger partial charge in [-0.3, -0.25) is 0 Å². The molecule has 0 radical (unpaired) electrons. The number of hydrogen-bond donors (Lipinski definition) is 0. The Balaban J connectivity index is 3.48. The Morgan fingerprint density at radius 2 is 1.94 bits per heavy atom. The Hall–Kier alpha value is -1.47. The molecule has 1 unspecified atom stereocenters. The smallest absolute Gasteiger partial charge is 0.176 e. The molecule has 1 aromatic rings. The largest absolute Gasteiger partial charge is 0.495 e. The first-order valence-corrected chi connectivity index (χ1v) is 4.94. The topological polar surface area (TPSA) is 42.2 Å². The molecule has 0 N–H and O–H groups in total. The molecule has 0 fully saturated rings. The van der Waals surface area contributed by atoms with E-state index in [2.05, 4.69) is 0 Å². The third kappa shape index (κ3) is 2.05. The lowest BCUT2D eigenvalue weighted by Gasteiger charge is -2.15. The van der Waals surface area contributed by atoms with Gasteiger partial charge in [0.15, 0.2) is 11.6 Å². The van der Waals surface area contributed by atoms with Gasteiger partial charge in [0.2, 0.25) is 0 Å². The molecule has 0 heterocycles. The van der Waals surface area contributed by atoms with Gasteiger partial charge in [-0.25, -0.2) is 4.39 Å². The van der Waals surface area contributed by atoms with Gasteiger partial charge >= 0.3 is 0 Å². The average molecular weight is 244 g/mol. The van der Waals surface area contributed by atoms with Gasteiger partial charge in [0, 0.05) is 5.56 Å². The second-order valence-electron chi connectivity index (χ2n) is 3.18. The summed E-state index contributed by atoms with van der Waals surface area (Å²) in [6, 6.07) is 3.21. The number of methoxy groups -OCH3 is 2. The third-order valence-electron chi connectivity index (χ3n) is 2.23. The van der Waals surface area contributed by atoms with Gasteiger partial charge in [0.1, 0.15) is 10.8 Å². The van der Waals surface area contributed by atoms with Gasteiger partial charge in [0.25, 0.3) is 0 Å². The lowest BCUT2D eigenvalue weighted by atomic mass is 10.0. The Labute approximate surface area is 98.3 Å². The van der Waals surface area contributed by atoms with Crippen LogP contribution in [-0.4, -0.2) is 14.2 Å². The number of nitriles is 1. The summed E-state index contributed by atoms with van der Waals surface area (Å²) in [5.41, 5.74) is 0.410. The maximum atomic E-state index is 13.5. The molecule has 0 saturated carbocycles. The highest BCUT2D eigenvalue weighted by atomic mass is 35.5. The molecule has 0 aliphatic heterocycles. The van der Waals surface area contributed by atoms with E-state index in [1.807, 2.05) is 6.07 Å². The summed E-state index contributed by atoms with van der Waals surface area (Å²) in [7, 11) is 2.73. The van der Waals surface area contributed by atoms with Crippen LogP contribution >= 0.6 is 11.6 Å². The fourth-order valence-electron chi connectivity index (χ4n) is 1.39. The molecule has 0 aromatic heterocycles. The Morgan fingerprint density at radius 1 is 1.38 bits per heavy atom. The van der Waals surface area contributed by atoms with Crippen LogP contribution in [0.4, 0.5) is 4.39 Å². The van der Waals surface area contributed by atoms with Crippen molar-refractivity contribution in [1.82, 2.24) is 0 Å². The van der Waals surface area contributed by atoms with Crippen LogP contribution in [0, 0.1) is 17.1 Å². The molecule has 0 amide bonds. The molecule has 0 spiro atoms. The van der Waals surface area contributed by atoms with E-state index < -0.39 is 11.7 Å². The van der Waals surface area contributed by atoms with Crippen molar-refractivity contribution in [3.05, 3.63) is 22.5 Å². The van der Waals surface area contributed by atoms with E-state index in [4.69, 9.17) is 26.3 Å². The van der Waals surface area contributed by atoms with Crippen LogP contribution in [0.3, 0.4) is 0 Å². The SMILES string of the molecule is COc1c(F)cc(C(C)C#N)c(OC)c1Cl. The molecule has 16 heavy (non-hydrogen) atoms. The first-order chi connectivity index (χ1) is 7.56. The zero-order valence-electron chi connectivity index (χ0n) is 9.17. The predicted octanol–water partition coefficient (Wildman–Crippen LogP) is 3.12. The van der Waals surface area contributed by atoms with E-state index >= 15 is 0 Å². The first kappa shape index (κ1) is 12.6. The average Bonchev–Trinajstić information content (AvgIpc) is 2.28. The minimum atomic E-state index is -0.606. The van der Waals surface area contributed by atoms with E-state index in [9.17, 15) is 4.39 Å². The van der Waals surface area contributed by atoms with Crippen LogP contribution in [-0.2, 0) is 0 Å². The summed E-state index contributed by atoms with van der Waals surface area (Å²) in [5, 5.41) is 8.86. The number of benzene rings is 1. The second kappa shape index (κ2) is 5.04. The Kier molecular flexibility index (Phi) is 3.97. The van der Waals surface area contributed by atoms with Gasteiger partial charge in [0.05, 0.1) is 26.2 Å². The molecule has 0 aliphatic rings. The van der Waals surface area contributed by atoms with Crippen LogP contribution in [0.1, 0.15) is 18.4 Å². The van der Waals surface area contributed by atoms with Crippen molar-refractivity contribution >= 4 is 11.6 Å². The van der Waals surface area contributed by atoms with E-state index in [0.29, 0.717) is 5.56 Å². The van der Waals surface area contributed by atoms with Gasteiger partial charge in [-0.05, 0) is 13.0 Å². The summed E-state index contributed by atoms with van der Waals surface area (Å²) in [4.78, 5) is 0. The fraction of sp³-hybridized carbons (Fsp3) is 0.364. The Morgan fingerprint density at radius 3 is 2.38 bits per heavy atom. The summed E-state index contributed by atoms with van der Waals surface area (Å²) >= 11 is 5.92. The highest BCUT2D eigenvalue weighted by molar-refractivity contribution is 6.33. The normalized spacial score (nSPS) is 11.8. The van der Waals surface area contributed by atoms with Gasteiger partial charge < -0.3 is 9.47 Å². The van der Waals surface area contributed by atoms with Crippen molar-refractivity contribution in [2.75, 3.05) is 14.2 Å². The minimum Gasteiger partial charge on any atom is -0.495 e. The highest BCUT2D eigenvalue weighted by Gasteiger charge is 2.21. The number of rotatable bonds is 3. The van der Waals surface area contributed by atoms with E-state index in [0.717, 1.165) is 0 Å². The quantitative estimate of drug-likeness (QED) is 0.819. The van der Waals surface area contributed by atoms with E-state index in [1.165, 1.54) is 20.3 Å². The second-order valence-corrected chi connectivity index (χ2v) is 3.56. The maximum absolute atomic E-state index is 13.5. The predicted molar refractivity (Wildman–Crippen MR) is 58.5 cm³/mol. The zero-order valence-corrected chi connectivity index (χ0v) is 9.93. The van der Waals surface area contributed by atoms with Crippen LogP contribution in [0.5, 0.6) is 11.5 Å². The lowest BCUT2D eigenvalue weighted by Crippen LogP contribution is -2.00. The van der Waals surface area contributed by atoms with Gasteiger partial charge in [-0.2, -0.15) is 5.26 Å². The van der Waals surface area contributed by atoms with Crippen LogP contribution < -0.4 is 9.47 Å². The molecule has 0 aliphatic carbocycles. The summed E-state index contributed by atoms with van der Waals surface area (Å²) in [6.07, 6.45) is 0. The summed E-state index contributed by atoms with van der Waals surface area (Å²) in [6.45, 7) is 1.64. The van der Waals surface area contributed by atoms with Crippen molar-refractivity contribution in [3.63, 3.8) is 0 Å². The lowest BCUT2D eigenvalue weighted by molar-refractivity contribution is 0.371. The standard InChI is InChI=1S/C11H11ClFNO2/c1-6(5-14)7-4-8(13)11(16-3)9(12)10(7)15-2/h4,6H,1-3H3. The zero-order chi connectivity index (χ0) is 12.3. The molecule has 5 heteroatoms. The summed E-state index contributed by atoms with van der Waals surface area (Å²) in [5.74, 6) is -0.917. The van der Waals surface area contributed by atoms with Crippen LogP contribution in [0.15, 0.2) is 6.07 Å². The van der Waals surface area contributed by atoms with Crippen molar-refractivity contribution in [2.24, 2.45) is 0 Å². The van der Waals surface area contributed by atoms with Crippen molar-refractivity contribution in [1.29, 1.82) is 5.26 Å².